The molecule has 0 rings (SSSR count). The Morgan fingerprint density at radius 1 is 1.19 bits per heavy atom. The van der Waals surface area contributed by atoms with E-state index in [2.05, 4.69) is 10.1 Å². The number of hydrogen-bond acceptors (Lipinski definition) is 4. The quantitative estimate of drug-likeness (QED) is 0.488. The molecule has 0 atom stereocenters. The van der Waals surface area contributed by atoms with E-state index in [9.17, 15) is 18.0 Å². The average molecular weight is 242 g/mol. The lowest BCUT2D eigenvalue weighted by atomic mass is 10.3. The minimum Gasteiger partial charge on any atom is -0.459 e. The van der Waals surface area contributed by atoms with Gasteiger partial charge >= 0.3 is 12.1 Å². The lowest BCUT2D eigenvalue weighted by Crippen LogP contribution is -2.27. The summed E-state index contributed by atoms with van der Waals surface area (Å²) in [5.74, 6) is -2.13. The van der Waals surface area contributed by atoms with E-state index in [4.69, 9.17) is 5.73 Å². The van der Waals surface area contributed by atoms with Crippen LogP contribution < -0.4 is 11.1 Å². The molecule has 0 fully saturated rings. The van der Waals surface area contributed by atoms with Crippen molar-refractivity contribution in [2.45, 2.75) is 25.4 Å². The van der Waals surface area contributed by atoms with E-state index in [0.717, 1.165) is 19.4 Å². The normalized spacial score (nSPS) is 11.5. The molecule has 0 amide bonds. The van der Waals surface area contributed by atoms with E-state index in [1.165, 1.54) is 0 Å². The summed E-state index contributed by atoms with van der Waals surface area (Å²) in [4.78, 5) is 10.3. The Morgan fingerprint density at radius 3 is 2.38 bits per heavy atom. The number of carbonyl (C=O) groups excluding carboxylic acids is 1. The van der Waals surface area contributed by atoms with Gasteiger partial charge in [0.25, 0.3) is 0 Å². The van der Waals surface area contributed by atoms with Gasteiger partial charge in [-0.05, 0) is 38.9 Å². The molecule has 96 valence electrons. The van der Waals surface area contributed by atoms with Crippen molar-refractivity contribution in [1.29, 1.82) is 0 Å². The fraction of sp³-hybridized carbons (Fsp3) is 0.889. The topological polar surface area (TPSA) is 64.3 Å². The summed E-state index contributed by atoms with van der Waals surface area (Å²) in [7, 11) is 0. The zero-order valence-electron chi connectivity index (χ0n) is 8.98. The predicted molar refractivity (Wildman–Crippen MR) is 52.8 cm³/mol. The zero-order valence-corrected chi connectivity index (χ0v) is 8.98. The maximum Gasteiger partial charge on any atom is 0.490 e. The highest BCUT2D eigenvalue weighted by Crippen LogP contribution is 2.16. The van der Waals surface area contributed by atoms with E-state index in [0.29, 0.717) is 19.5 Å². The number of nitrogens with two attached hydrogens (primary N) is 1. The van der Waals surface area contributed by atoms with Gasteiger partial charge in [0.1, 0.15) is 0 Å². The Balaban J connectivity index is 3.25. The van der Waals surface area contributed by atoms with Crippen molar-refractivity contribution in [2.75, 3.05) is 26.2 Å². The number of carbonyl (C=O) groups is 1. The summed E-state index contributed by atoms with van der Waals surface area (Å²) in [6.07, 6.45) is -2.69. The molecule has 0 saturated carbocycles. The van der Waals surface area contributed by atoms with E-state index >= 15 is 0 Å². The minimum absolute atomic E-state index is 0.220. The summed E-state index contributed by atoms with van der Waals surface area (Å²) < 4.78 is 39.0. The summed E-state index contributed by atoms with van der Waals surface area (Å²) in [5, 5.41) is 3.00. The molecule has 0 bridgehead atoms. The molecule has 0 spiro atoms. The van der Waals surface area contributed by atoms with Crippen molar-refractivity contribution < 1.29 is 22.7 Å². The second-order valence-electron chi connectivity index (χ2n) is 3.23. The third-order valence-electron chi connectivity index (χ3n) is 1.77. The summed E-state index contributed by atoms with van der Waals surface area (Å²) >= 11 is 0. The van der Waals surface area contributed by atoms with Crippen molar-refractivity contribution in [3.05, 3.63) is 0 Å². The third kappa shape index (κ3) is 8.49. The van der Waals surface area contributed by atoms with Gasteiger partial charge in [-0.2, -0.15) is 13.2 Å². The third-order valence-corrected chi connectivity index (χ3v) is 1.77. The van der Waals surface area contributed by atoms with Crippen LogP contribution in [-0.4, -0.2) is 38.4 Å². The minimum atomic E-state index is -4.89. The molecule has 0 aromatic carbocycles. The molecule has 0 aliphatic rings. The van der Waals surface area contributed by atoms with Crippen LogP contribution in [0.3, 0.4) is 0 Å². The lowest BCUT2D eigenvalue weighted by Gasteiger charge is -2.07. The fourth-order valence-electron chi connectivity index (χ4n) is 0.963. The van der Waals surface area contributed by atoms with Crippen molar-refractivity contribution in [3.63, 3.8) is 0 Å². The van der Waals surface area contributed by atoms with Gasteiger partial charge < -0.3 is 15.8 Å². The van der Waals surface area contributed by atoms with Crippen LogP contribution in [0, 0.1) is 0 Å². The Kier molecular flexibility index (Phi) is 7.92. The van der Waals surface area contributed by atoms with Crippen LogP contribution in [0.2, 0.25) is 0 Å². The van der Waals surface area contributed by atoms with Gasteiger partial charge in [0.05, 0.1) is 6.61 Å². The van der Waals surface area contributed by atoms with Gasteiger partial charge in [-0.15, -0.1) is 0 Å². The molecule has 0 heterocycles. The molecule has 0 aromatic rings. The van der Waals surface area contributed by atoms with Crippen LogP contribution in [0.4, 0.5) is 13.2 Å². The largest absolute Gasteiger partial charge is 0.490 e. The first-order chi connectivity index (χ1) is 7.48. The smallest absolute Gasteiger partial charge is 0.459 e. The number of nitrogens with one attached hydrogen (secondary N) is 1. The first-order valence-corrected chi connectivity index (χ1v) is 5.13. The van der Waals surface area contributed by atoms with Crippen molar-refractivity contribution in [3.8, 4) is 0 Å². The fourth-order valence-corrected chi connectivity index (χ4v) is 0.963. The molecule has 3 N–H and O–H groups in total. The molecule has 0 aliphatic heterocycles. The molecule has 16 heavy (non-hydrogen) atoms. The first-order valence-electron chi connectivity index (χ1n) is 5.13. The molecular formula is C9H17F3N2O2. The lowest BCUT2D eigenvalue weighted by molar-refractivity contribution is -0.199. The van der Waals surface area contributed by atoms with Crippen LogP contribution in [0.5, 0.6) is 0 Å². The Morgan fingerprint density at radius 2 is 1.81 bits per heavy atom. The number of alkyl halides is 3. The van der Waals surface area contributed by atoms with Crippen LogP contribution in [0.15, 0.2) is 0 Å². The number of halogens is 3. The summed E-state index contributed by atoms with van der Waals surface area (Å²) in [6, 6.07) is 0. The number of hydrogen-bond donors (Lipinski definition) is 2. The van der Waals surface area contributed by atoms with Gasteiger partial charge in [0.2, 0.25) is 0 Å². The van der Waals surface area contributed by atoms with Crippen molar-refractivity contribution in [2.24, 2.45) is 5.73 Å². The Hall–Kier alpha value is -0.820. The Bertz CT molecular complexity index is 198. The monoisotopic (exact) mass is 242 g/mol. The van der Waals surface area contributed by atoms with Gasteiger partial charge in [-0.1, -0.05) is 0 Å². The molecule has 4 nitrogen and oxygen atoms in total. The number of rotatable bonds is 8. The van der Waals surface area contributed by atoms with Crippen LogP contribution in [0.1, 0.15) is 19.3 Å². The van der Waals surface area contributed by atoms with Crippen LogP contribution in [0.25, 0.3) is 0 Å². The SMILES string of the molecule is NCCCCNCCCOC(=O)C(F)(F)F. The standard InChI is InChI=1S/C9H17F3N2O2/c10-9(11,12)8(15)16-7-3-6-14-5-2-1-4-13/h14H,1-7,13H2. The molecule has 0 aromatic heterocycles. The highest BCUT2D eigenvalue weighted by Gasteiger charge is 2.40. The van der Waals surface area contributed by atoms with Gasteiger partial charge in [0, 0.05) is 0 Å². The average Bonchev–Trinajstić information content (AvgIpc) is 2.20. The molecule has 0 saturated heterocycles. The maximum absolute atomic E-state index is 11.7. The zero-order chi connectivity index (χ0) is 12.4. The maximum atomic E-state index is 11.7. The first kappa shape index (κ1) is 15.2. The second-order valence-corrected chi connectivity index (χ2v) is 3.23. The highest BCUT2D eigenvalue weighted by molar-refractivity contribution is 5.75. The number of esters is 1. The number of ether oxygens (including phenoxy) is 1. The van der Waals surface area contributed by atoms with E-state index < -0.39 is 12.1 Å². The van der Waals surface area contributed by atoms with E-state index in [1.54, 1.807) is 0 Å². The van der Waals surface area contributed by atoms with Gasteiger partial charge in [-0.25, -0.2) is 4.79 Å². The van der Waals surface area contributed by atoms with Crippen molar-refractivity contribution in [1.82, 2.24) is 5.32 Å². The van der Waals surface area contributed by atoms with Crippen LogP contribution in [-0.2, 0) is 9.53 Å². The van der Waals surface area contributed by atoms with E-state index in [-0.39, 0.29) is 6.61 Å². The molecule has 0 radical (unpaired) electrons. The molecular weight excluding hydrogens is 225 g/mol. The molecule has 7 heteroatoms. The van der Waals surface area contributed by atoms with Gasteiger partial charge in [-0.3, -0.25) is 0 Å². The van der Waals surface area contributed by atoms with Gasteiger partial charge in [0.15, 0.2) is 0 Å². The second kappa shape index (κ2) is 8.35. The molecule has 0 aliphatic carbocycles. The summed E-state index contributed by atoms with van der Waals surface area (Å²) in [5.41, 5.74) is 5.27. The molecule has 0 unspecified atom stereocenters. The van der Waals surface area contributed by atoms with Crippen molar-refractivity contribution >= 4 is 5.97 Å². The predicted octanol–water partition coefficient (Wildman–Crippen LogP) is 0.810. The highest BCUT2D eigenvalue weighted by atomic mass is 19.4. The Labute approximate surface area is 92.3 Å². The number of unbranched alkanes of at least 4 members (excludes halogenated alkanes) is 1. The summed E-state index contributed by atoms with van der Waals surface area (Å²) in [6.45, 7) is 1.70. The van der Waals surface area contributed by atoms with Crippen LogP contribution >= 0.6 is 0 Å². The van der Waals surface area contributed by atoms with E-state index in [1.807, 2.05) is 0 Å².